The number of likely N-dealkylation sites (N-methyl/N-ethyl adjacent to an activating group) is 2. The fourth-order valence-corrected chi connectivity index (χ4v) is 7.65. The van der Waals surface area contributed by atoms with E-state index in [1.54, 1.807) is 50.3 Å². The van der Waals surface area contributed by atoms with Crippen LogP contribution in [0.1, 0.15) is 99.3 Å². The monoisotopic (exact) mass is 833 g/mol. The molecule has 1 saturated heterocycles. The SMILES string of the molecule is CCC(O)C(C)[C@H]1O[C@@H]1CC(C)(O)/C=C/C=C(\C)[C@H]1OC(=O)C[C@H](O)CC[C@@](C)(OC)[C@@H](OC(=O)N(C)CC[N+](C)(C)CCCCCCN2C(=O)C=CC2=O)/C=C/[C@@H]1C. The second kappa shape index (κ2) is 22.4. The van der Waals surface area contributed by atoms with Gasteiger partial charge in [-0.1, -0.05) is 51.5 Å². The van der Waals surface area contributed by atoms with E-state index in [1.807, 2.05) is 40.7 Å². The number of rotatable bonds is 20. The summed E-state index contributed by atoms with van der Waals surface area (Å²) in [6, 6.07) is 0. The molecule has 0 saturated carbocycles. The predicted octanol–water partition coefficient (Wildman–Crippen LogP) is 4.86. The first-order chi connectivity index (χ1) is 27.6. The lowest BCUT2D eigenvalue weighted by Crippen LogP contribution is -2.49. The van der Waals surface area contributed by atoms with Crippen molar-refractivity contribution in [2.24, 2.45) is 11.8 Å². The van der Waals surface area contributed by atoms with Crippen molar-refractivity contribution in [3.63, 3.8) is 0 Å². The van der Waals surface area contributed by atoms with Gasteiger partial charge in [-0.25, -0.2) is 4.79 Å². The number of methoxy groups -OCH3 is 1. The maximum atomic E-state index is 13.6. The minimum atomic E-state index is -1.17. The molecule has 3 rings (SSSR count). The van der Waals surface area contributed by atoms with Crippen molar-refractivity contribution in [3.05, 3.63) is 48.1 Å². The minimum absolute atomic E-state index is 0.0224. The highest BCUT2D eigenvalue weighted by Crippen LogP contribution is 2.38. The van der Waals surface area contributed by atoms with Crippen molar-refractivity contribution in [2.45, 2.75) is 147 Å². The Bertz CT molecular complexity index is 1520. The number of unbranched alkanes of at least 4 members (excludes halogenated alkanes) is 3. The molecule has 3 unspecified atom stereocenters. The third-order valence-electron chi connectivity index (χ3n) is 12.2. The predicted molar refractivity (Wildman–Crippen MR) is 225 cm³/mol. The number of quaternary nitrogens is 1. The molecule has 0 aromatic heterocycles. The van der Waals surface area contributed by atoms with Gasteiger partial charge in [0.2, 0.25) is 0 Å². The topological polar surface area (TPSA) is 176 Å². The van der Waals surface area contributed by atoms with Gasteiger partial charge in [-0.05, 0) is 70.9 Å². The van der Waals surface area contributed by atoms with Crippen molar-refractivity contribution in [1.82, 2.24) is 9.80 Å². The zero-order valence-corrected chi connectivity index (χ0v) is 37.3. The van der Waals surface area contributed by atoms with Crippen LogP contribution in [0.3, 0.4) is 0 Å². The lowest BCUT2D eigenvalue weighted by Gasteiger charge is -2.37. The van der Waals surface area contributed by atoms with Crippen LogP contribution in [0.2, 0.25) is 0 Å². The molecule has 0 bridgehead atoms. The third-order valence-corrected chi connectivity index (χ3v) is 12.2. The first-order valence-electron chi connectivity index (χ1n) is 21.4. The Morgan fingerprint density at radius 2 is 1.80 bits per heavy atom. The van der Waals surface area contributed by atoms with E-state index in [9.17, 15) is 34.5 Å². The zero-order chi connectivity index (χ0) is 44.1. The van der Waals surface area contributed by atoms with E-state index < -0.39 is 47.7 Å². The van der Waals surface area contributed by atoms with E-state index in [2.05, 4.69) is 14.1 Å². The summed E-state index contributed by atoms with van der Waals surface area (Å²) in [5, 5.41) is 32.2. The van der Waals surface area contributed by atoms with E-state index in [-0.39, 0.29) is 48.7 Å². The van der Waals surface area contributed by atoms with Gasteiger partial charge in [0.25, 0.3) is 11.8 Å². The number of hydrogen-bond donors (Lipinski definition) is 3. The molecule has 14 nitrogen and oxygen atoms in total. The maximum absolute atomic E-state index is 13.6. The number of hydrogen-bond acceptors (Lipinski definition) is 11. The number of ether oxygens (including phenoxy) is 4. The fourth-order valence-electron chi connectivity index (χ4n) is 7.65. The molecule has 3 amide bonds. The second-order valence-corrected chi connectivity index (χ2v) is 18.1. The summed E-state index contributed by atoms with van der Waals surface area (Å²) < 4.78 is 24.5. The van der Waals surface area contributed by atoms with E-state index in [1.165, 1.54) is 17.1 Å². The van der Waals surface area contributed by atoms with Gasteiger partial charge < -0.3 is 43.6 Å². The van der Waals surface area contributed by atoms with Crippen molar-refractivity contribution in [3.8, 4) is 0 Å². The van der Waals surface area contributed by atoms with Gasteiger partial charge in [0.1, 0.15) is 11.7 Å². The molecule has 0 aromatic rings. The first-order valence-corrected chi connectivity index (χ1v) is 21.4. The average Bonchev–Trinajstić information content (AvgIpc) is 3.86. The Kier molecular flexibility index (Phi) is 19.0. The molecule has 0 spiro atoms. The maximum Gasteiger partial charge on any atom is 0.410 e. The normalized spacial score (nSPS) is 29.7. The summed E-state index contributed by atoms with van der Waals surface area (Å²) in [4.78, 5) is 53.0. The van der Waals surface area contributed by atoms with Gasteiger partial charge in [0.15, 0.2) is 6.10 Å². The molecule has 3 aliphatic rings. The van der Waals surface area contributed by atoms with Gasteiger partial charge in [0.05, 0.1) is 70.2 Å². The van der Waals surface area contributed by atoms with Gasteiger partial charge in [-0.2, -0.15) is 0 Å². The Balaban J connectivity index is 1.63. The average molecular weight is 833 g/mol. The lowest BCUT2D eigenvalue weighted by atomic mass is 9.88. The number of carbonyl (C=O) groups is 4. The van der Waals surface area contributed by atoms with Crippen LogP contribution in [0.4, 0.5) is 4.79 Å². The standard InChI is InChI=1S/C45H74N3O11/c1-11-35(50)33(4)42-36(57-42)30-44(5,55)23-16-17-31(2)41-32(3)18-19-37(45(6,56-10)24-22-34(49)29-40(53)59-41)58-43(54)46(7)26-28-48(8,9)27-15-13-12-14-25-47-38(51)20-21-39(47)52/h16-21,23,32-37,41-42,49-50,55H,11-15,22,24-30H2,1-10H3/q+1/b19-18+,23-16+,31-17+/t32-,33?,34+,35?,36+,37-,41+,42+,44?,45+/m0/s1. The summed E-state index contributed by atoms with van der Waals surface area (Å²) in [5.74, 6) is -1.42. The van der Waals surface area contributed by atoms with Gasteiger partial charge in [-0.3, -0.25) is 19.3 Å². The minimum Gasteiger partial charge on any atom is -0.457 e. The number of esters is 1. The Labute approximate surface area is 352 Å². The largest absolute Gasteiger partial charge is 0.457 e. The number of amides is 3. The van der Waals surface area contributed by atoms with Crippen LogP contribution >= 0.6 is 0 Å². The second-order valence-electron chi connectivity index (χ2n) is 18.1. The molecule has 3 aliphatic heterocycles. The number of epoxide rings is 1. The molecule has 59 heavy (non-hydrogen) atoms. The summed E-state index contributed by atoms with van der Waals surface area (Å²) in [5.41, 5.74) is -1.47. The number of imide groups is 1. The Morgan fingerprint density at radius 3 is 2.44 bits per heavy atom. The molecule has 3 N–H and O–H groups in total. The lowest BCUT2D eigenvalue weighted by molar-refractivity contribution is -0.889. The van der Waals surface area contributed by atoms with Crippen LogP contribution in [0, 0.1) is 11.8 Å². The quantitative estimate of drug-likeness (QED) is 0.0291. The number of carbonyl (C=O) groups excluding carboxylic acids is 4. The summed E-state index contributed by atoms with van der Waals surface area (Å²) >= 11 is 0. The molecular weight excluding hydrogens is 759 g/mol. The van der Waals surface area contributed by atoms with Crippen LogP contribution < -0.4 is 0 Å². The van der Waals surface area contributed by atoms with E-state index in [0.717, 1.165) is 32.2 Å². The smallest absolute Gasteiger partial charge is 0.410 e. The van der Waals surface area contributed by atoms with Crippen LogP contribution in [0.25, 0.3) is 0 Å². The molecular formula is C45H74N3O11+. The number of allylic oxidation sites excluding steroid dienone is 2. The third kappa shape index (κ3) is 15.9. The number of aliphatic hydroxyl groups is 3. The summed E-state index contributed by atoms with van der Waals surface area (Å²) in [6.45, 7) is 13.6. The van der Waals surface area contributed by atoms with Crippen LogP contribution in [0.5, 0.6) is 0 Å². The number of cyclic esters (lactones) is 1. The number of aliphatic hydroxyl groups excluding tert-OH is 2. The van der Waals surface area contributed by atoms with Crippen LogP contribution in [-0.4, -0.2) is 156 Å². The summed E-state index contributed by atoms with van der Waals surface area (Å²) in [6.07, 6.45) is 12.6. The Morgan fingerprint density at radius 1 is 1.14 bits per heavy atom. The molecule has 3 heterocycles. The van der Waals surface area contributed by atoms with E-state index in [4.69, 9.17) is 18.9 Å². The van der Waals surface area contributed by atoms with Gasteiger partial charge in [-0.15, -0.1) is 0 Å². The van der Waals surface area contributed by atoms with Crippen molar-refractivity contribution in [1.29, 1.82) is 0 Å². The van der Waals surface area contributed by atoms with E-state index >= 15 is 0 Å². The molecule has 10 atom stereocenters. The highest BCUT2D eigenvalue weighted by atomic mass is 16.6. The first kappa shape index (κ1) is 50.0. The summed E-state index contributed by atoms with van der Waals surface area (Å²) in [7, 11) is 7.48. The molecule has 0 radical (unpaired) electrons. The van der Waals surface area contributed by atoms with E-state index in [0.29, 0.717) is 49.0 Å². The van der Waals surface area contributed by atoms with Gasteiger partial charge >= 0.3 is 12.1 Å². The molecule has 14 heteroatoms. The number of nitrogens with zero attached hydrogens (tertiary/aromatic N) is 3. The molecule has 0 aliphatic carbocycles. The van der Waals surface area contributed by atoms with Gasteiger partial charge in [0, 0.05) is 51.1 Å². The molecule has 0 aromatic carbocycles. The molecule has 1 fully saturated rings. The zero-order valence-electron chi connectivity index (χ0n) is 37.3. The van der Waals surface area contributed by atoms with Crippen LogP contribution in [0.15, 0.2) is 48.1 Å². The van der Waals surface area contributed by atoms with Crippen molar-refractivity contribution < 1.29 is 57.9 Å². The molecule has 334 valence electrons. The van der Waals surface area contributed by atoms with Crippen molar-refractivity contribution in [2.75, 3.05) is 54.4 Å². The highest BCUT2D eigenvalue weighted by molar-refractivity contribution is 6.12. The fraction of sp³-hybridized carbons (Fsp3) is 0.733. The van der Waals surface area contributed by atoms with Crippen molar-refractivity contribution >= 4 is 23.9 Å². The highest BCUT2D eigenvalue weighted by Gasteiger charge is 2.47. The van der Waals surface area contributed by atoms with Crippen LogP contribution in [-0.2, 0) is 33.3 Å². The Hall–Kier alpha value is -3.40.